The Bertz CT molecular complexity index is 662. The average molecular weight is 369 g/mol. The van der Waals surface area contributed by atoms with Crippen molar-refractivity contribution in [2.75, 3.05) is 13.1 Å². The van der Waals surface area contributed by atoms with Crippen molar-refractivity contribution in [3.8, 4) is 0 Å². The van der Waals surface area contributed by atoms with E-state index in [0.29, 0.717) is 0 Å². The van der Waals surface area contributed by atoms with Crippen LogP contribution in [0.2, 0.25) is 5.02 Å². The molecular weight excluding hydrogens is 350 g/mol. The van der Waals surface area contributed by atoms with Crippen LogP contribution in [0.25, 0.3) is 0 Å². The summed E-state index contributed by atoms with van der Waals surface area (Å²) in [5.74, 6) is 0. The molecule has 0 atom stereocenters. The van der Waals surface area contributed by atoms with Crippen molar-refractivity contribution >= 4 is 27.5 Å². The molecule has 1 N–H and O–H groups in total. The minimum Gasteiger partial charge on any atom is -0.315 e. The van der Waals surface area contributed by atoms with Gasteiger partial charge in [0, 0.05) is 36.5 Å². The van der Waals surface area contributed by atoms with Gasteiger partial charge in [0.2, 0.25) is 0 Å². The summed E-state index contributed by atoms with van der Waals surface area (Å²) >= 11 is 10.1. The molecule has 0 saturated carbocycles. The van der Waals surface area contributed by atoms with E-state index < -0.39 is 0 Å². The van der Waals surface area contributed by atoms with E-state index in [1.807, 2.05) is 19.1 Å². The quantitative estimate of drug-likeness (QED) is 0.891. The van der Waals surface area contributed by atoms with Crippen LogP contribution in [0.15, 0.2) is 28.7 Å². The third-order valence-electron chi connectivity index (χ3n) is 4.33. The van der Waals surface area contributed by atoms with Crippen LogP contribution >= 0.6 is 27.5 Å². The number of aryl methyl sites for hydroxylation is 2. The number of nitrogens with one attached hydrogen (secondary N) is 1. The van der Waals surface area contributed by atoms with Gasteiger partial charge in [-0.25, -0.2) is 0 Å². The third kappa shape index (κ3) is 2.54. The number of rotatable bonds is 4. The Balaban J connectivity index is 2.01. The van der Waals surface area contributed by atoms with Gasteiger partial charge < -0.3 is 5.32 Å². The zero-order valence-electron chi connectivity index (χ0n) is 12.3. The lowest BCUT2D eigenvalue weighted by Crippen LogP contribution is -2.58. The van der Waals surface area contributed by atoms with E-state index in [-0.39, 0.29) is 5.41 Å². The van der Waals surface area contributed by atoms with Crippen LogP contribution in [0.1, 0.15) is 23.9 Å². The highest BCUT2D eigenvalue weighted by Crippen LogP contribution is 2.38. The van der Waals surface area contributed by atoms with Crippen LogP contribution in [0, 0.1) is 6.92 Å². The van der Waals surface area contributed by atoms with Gasteiger partial charge in [-0.15, -0.1) is 0 Å². The third-order valence-corrected chi connectivity index (χ3v) is 5.69. The van der Waals surface area contributed by atoms with E-state index in [9.17, 15) is 0 Å². The molecule has 2 aromatic rings. The van der Waals surface area contributed by atoms with E-state index in [1.54, 1.807) is 0 Å². The molecule has 1 fully saturated rings. The van der Waals surface area contributed by atoms with Crippen LogP contribution in [-0.2, 0) is 18.4 Å². The van der Waals surface area contributed by atoms with Gasteiger partial charge in [0.1, 0.15) is 0 Å². The molecule has 0 radical (unpaired) electrons. The Morgan fingerprint density at radius 1 is 1.38 bits per heavy atom. The highest BCUT2D eigenvalue weighted by atomic mass is 79.9. The second-order valence-electron chi connectivity index (χ2n) is 5.70. The maximum Gasteiger partial charge on any atom is 0.0738 e. The normalized spacial score (nSPS) is 16.8. The maximum absolute atomic E-state index is 6.44. The molecule has 0 amide bonds. The average Bonchev–Trinajstić information content (AvgIpc) is 2.71. The predicted octanol–water partition coefficient (Wildman–Crippen LogP) is 3.71. The van der Waals surface area contributed by atoms with E-state index in [4.69, 9.17) is 11.6 Å². The Morgan fingerprint density at radius 2 is 2.10 bits per heavy atom. The lowest BCUT2D eigenvalue weighted by atomic mass is 9.72. The smallest absolute Gasteiger partial charge is 0.0738 e. The van der Waals surface area contributed by atoms with Crippen LogP contribution in [0.3, 0.4) is 0 Å². The summed E-state index contributed by atoms with van der Waals surface area (Å²) in [5.41, 5.74) is 3.61. The number of halogens is 2. The standard InChI is InChI=1S/C16H19BrClN3/c1-3-21-14(15(17)11(2)20-21)8-16(9-19-10-16)12-6-4-5-7-13(12)18/h4-7,19H,3,8-10H2,1-2H3. The second kappa shape index (κ2) is 5.75. The van der Waals surface area contributed by atoms with Crippen molar-refractivity contribution in [1.29, 1.82) is 0 Å². The maximum atomic E-state index is 6.44. The molecular formula is C16H19BrClN3. The van der Waals surface area contributed by atoms with Gasteiger partial charge in [-0.3, -0.25) is 4.68 Å². The van der Waals surface area contributed by atoms with Crippen molar-refractivity contribution in [3.63, 3.8) is 0 Å². The molecule has 21 heavy (non-hydrogen) atoms. The minimum absolute atomic E-state index is 0.0697. The van der Waals surface area contributed by atoms with Crippen molar-refractivity contribution in [2.24, 2.45) is 0 Å². The van der Waals surface area contributed by atoms with E-state index in [0.717, 1.165) is 41.2 Å². The highest BCUT2D eigenvalue weighted by molar-refractivity contribution is 9.10. The first-order valence-corrected chi connectivity index (χ1v) is 8.42. The topological polar surface area (TPSA) is 29.9 Å². The number of hydrogen-bond acceptors (Lipinski definition) is 2. The molecule has 5 heteroatoms. The number of nitrogens with zero attached hydrogens (tertiary/aromatic N) is 2. The Hall–Kier alpha value is -0.840. The number of benzene rings is 1. The lowest BCUT2D eigenvalue weighted by Gasteiger charge is -2.44. The molecule has 3 nitrogen and oxygen atoms in total. The molecule has 1 aliphatic rings. The van der Waals surface area contributed by atoms with E-state index in [1.165, 1.54) is 11.3 Å². The fraction of sp³-hybridized carbons (Fsp3) is 0.438. The van der Waals surface area contributed by atoms with Gasteiger partial charge in [0.25, 0.3) is 0 Å². The highest BCUT2D eigenvalue weighted by Gasteiger charge is 2.41. The molecule has 0 unspecified atom stereocenters. The fourth-order valence-corrected chi connectivity index (χ4v) is 3.85. The zero-order valence-corrected chi connectivity index (χ0v) is 14.6. The SMILES string of the molecule is CCn1nc(C)c(Br)c1CC1(c2ccccc2Cl)CNC1. The van der Waals surface area contributed by atoms with E-state index in [2.05, 4.69) is 50.1 Å². The minimum atomic E-state index is 0.0697. The summed E-state index contributed by atoms with van der Waals surface area (Å²) in [6.45, 7) is 6.96. The van der Waals surface area contributed by atoms with Gasteiger partial charge in [0.15, 0.2) is 0 Å². The number of hydrogen-bond donors (Lipinski definition) is 1. The van der Waals surface area contributed by atoms with Crippen molar-refractivity contribution in [3.05, 3.63) is 50.7 Å². The van der Waals surface area contributed by atoms with Crippen LogP contribution < -0.4 is 5.32 Å². The summed E-state index contributed by atoms with van der Waals surface area (Å²) < 4.78 is 3.22. The summed E-state index contributed by atoms with van der Waals surface area (Å²) in [6.07, 6.45) is 0.943. The number of aromatic nitrogens is 2. The summed E-state index contributed by atoms with van der Waals surface area (Å²) in [4.78, 5) is 0. The first-order valence-electron chi connectivity index (χ1n) is 7.25. The van der Waals surface area contributed by atoms with Gasteiger partial charge >= 0.3 is 0 Å². The second-order valence-corrected chi connectivity index (χ2v) is 6.90. The monoisotopic (exact) mass is 367 g/mol. The van der Waals surface area contributed by atoms with Gasteiger partial charge in [-0.05, 0) is 41.4 Å². The van der Waals surface area contributed by atoms with Crippen molar-refractivity contribution in [1.82, 2.24) is 15.1 Å². The van der Waals surface area contributed by atoms with Crippen LogP contribution in [0.4, 0.5) is 0 Å². The predicted molar refractivity (Wildman–Crippen MR) is 90.0 cm³/mol. The Kier molecular flexibility index (Phi) is 4.12. The largest absolute Gasteiger partial charge is 0.315 e. The molecule has 0 bridgehead atoms. The van der Waals surface area contributed by atoms with Crippen LogP contribution in [-0.4, -0.2) is 22.9 Å². The van der Waals surface area contributed by atoms with Crippen molar-refractivity contribution < 1.29 is 0 Å². The Labute approximate surface area is 138 Å². The molecule has 1 aromatic carbocycles. The summed E-state index contributed by atoms with van der Waals surface area (Å²) in [5, 5.41) is 8.87. The fourth-order valence-electron chi connectivity index (χ4n) is 3.09. The molecule has 3 rings (SSSR count). The van der Waals surface area contributed by atoms with Crippen molar-refractivity contribution in [2.45, 2.75) is 32.2 Å². The van der Waals surface area contributed by atoms with E-state index >= 15 is 0 Å². The molecule has 112 valence electrons. The van der Waals surface area contributed by atoms with Crippen LogP contribution in [0.5, 0.6) is 0 Å². The molecule has 1 aromatic heterocycles. The molecule has 1 aliphatic heterocycles. The molecule has 0 aliphatic carbocycles. The van der Waals surface area contributed by atoms with Gasteiger partial charge in [-0.1, -0.05) is 29.8 Å². The summed E-state index contributed by atoms with van der Waals surface area (Å²) in [6, 6.07) is 8.19. The first kappa shape index (κ1) is 15.1. The lowest BCUT2D eigenvalue weighted by molar-refractivity contribution is 0.268. The molecule has 1 saturated heterocycles. The van der Waals surface area contributed by atoms with Gasteiger partial charge in [-0.2, -0.15) is 5.10 Å². The Morgan fingerprint density at radius 3 is 2.67 bits per heavy atom. The first-order chi connectivity index (χ1) is 10.1. The molecule has 2 heterocycles. The molecule has 0 spiro atoms. The van der Waals surface area contributed by atoms with Gasteiger partial charge in [0.05, 0.1) is 15.9 Å². The summed E-state index contributed by atoms with van der Waals surface area (Å²) in [7, 11) is 0. The zero-order chi connectivity index (χ0) is 15.0.